The summed E-state index contributed by atoms with van der Waals surface area (Å²) >= 11 is 1.47. The van der Waals surface area contributed by atoms with Crippen molar-refractivity contribution in [1.82, 2.24) is 9.88 Å². The predicted molar refractivity (Wildman–Crippen MR) is 138 cm³/mol. The first kappa shape index (κ1) is 23.5. The van der Waals surface area contributed by atoms with Crippen LogP contribution in [0.15, 0.2) is 23.6 Å². The lowest BCUT2D eigenvalue weighted by Crippen LogP contribution is -2.39. The van der Waals surface area contributed by atoms with E-state index in [0.717, 1.165) is 42.8 Å². The van der Waals surface area contributed by atoms with Crippen molar-refractivity contribution in [3.63, 3.8) is 0 Å². The molecule has 0 bridgehead atoms. The largest absolute Gasteiger partial charge is 0.312 e. The van der Waals surface area contributed by atoms with Gasteiger partial charge in [-0.3, -0.25) is 14.5 Å². The maximum Gasteiger partial charge on any atom is 0.240 e. The van der Waals surface area contributed by atoms with Crippen molar-refractivity contribution in [3.8, 4) is 11.3 Å². The summed E-state index contributed by atoms with van der Waals surface area (Å²) in [6.45, 7) is 1.18. The Bertz CT molecular complexity index is 1020. The van der Waals surface area contributed by atoms with Gasteiger partial charge in [-0.2, -0.15) is 0 Å². The number of benzene rings is 1. The lowest BCUT2D eigenvalue weighted by Gasteiger charge is -2.30. The van der Waals surface area contributed by atoms with Crippen LogP contribution >= 0.6 is 11.3 Å². The second-order valence-electron chi connectivity index (χ2n) is 10.2. The van der Waals surface area contributed by atoms with Gasteiger partial charge in [0, 0.05) is 35.1 Å². The van der Waals surface area contributed by atoms with Gasteiger partial charge in [0.1, 0.15) is 0 Å². The lowest BCUT2D eigenvalue weighted by molar-refractivity contribution is -0.123. The van der Waals surface area contributed by atoms with Crippen LogP contribution in [-0.2, 0) is 16.0 Å². The number of hydrogen-bond acceptors (Lipinski definition) is 5. The molecule has 2 aliphatic carbocycles. The second kappa shape index (κ2) is 10.6. The van der Waals surface area contributed by atoms with E-state index in [0.29, 0.717) is 23.6 Å². The molecular formula is C27H36N4O2S. The van der Waals surface area contributed by atoms with Gasteiger partial charge in [0.25, 0.3) is 0 Å². The molecule has 2 fully saturated rings. The summed E-state index contributed by atoms with van der Waals surface area (Å²) in [5.41, 5.74) is 4.20. The standard InChI is InChI=1S/C27H36N4O2S/c1-30(22-10-6-3-7-11-22)17-25(32)29-27-28-23(18-34-27)20-12-13-24-21(16-20)14-15-31(24)26(33)19-8-4-2-5-9-19/h12-13,16,18-19,22H,2-11,14-15,17H2,1H3,(H,28,29,32). The van der Waals surface area contributed by atoms with E-state index in [-0.39, 0.29) is 11.8 Å². The van der Waals surface area contributed by atoms with Crippen molar-refractivity contribution in [2.24, 2.45) is 5.92 Å². The molecule has 34 heavy (non-hydrogen) atoms. The van der Waals surface area contributed by atoms with E-state index in [1.54, 1.807) is 0 Å². The molecule has 7 heteroatoms. The van der Waals surface area contributed by atoms with E-state index in [9.17, 15) is 9.59 Å². The summed E-state index contributed by atoms with van der Waals surface area (Å²) < 4.78 is 0. The quantitative estimate of drug-likeness (QED) is 0.594. The van der Waals surface area contributed by atoms with Gasteiger partial charge < -0.3 is 10.2 Å². The first-order chi connectivity index (χ1) is 16.6. The summed E-state index contributed by atoms with van der Waals surface area (Å²) in [7, 11) is 2.05. The van der Waals surface area contributed by atoms with Crippen LogP contribution in [0.4, 0.5) is 10.8 Å². The number of amides is 2. The Labute approximate surface area is 206 Å². The van der Waals surface area contributed by atoms with Gasteiger partial charge in [-0.05, 0) is 56.8 Å². The van der Waals surface area contributed by atoms with Crippen LogP contribution in [0.25, 0.3) is 11.3 Å². The second-order valence-corrected chi connectivity index (χ2v) is 11.1. The van der Waals surface area contributed by atoms with Crippen LogP contribution in [0, 0.1) is 5.92 Å². The maximum atomic E-state index is 13.1. The predicted octanol–water partition coefficient (Wildman–Crippen LogP) is 5.48. The van der Waals surface area contributed by atoms with Gasteiger partial charge in [-0.15, -0.1) is 11.3 Å². The van der Waals surface area contributed by atoms with Crippen LogP contribution < -0.4 is 10.2 Å². The number of thiazole rings is 1. The number of anilines is 2. The third-order valence-corrected chi connectivity index (χ3v) is 8.59. The number of rotatable bonds is 6. The molecule has 2 saturated carbocycles. The Hall–Kier alpha value is -2.25. The molecule has 1 aliphatic heterocycles. The van der Waals surface area contributed by atoms with Crippen molar-refractivity contribution in [3.05, 3.63) is 29.1 Å². The average Bonchev–Trinajstić information content (AvgIpc) is 3.51. The molecule has 2 aromatic rings. The van der Waals surface area contributed by atoms with Gasteiger partial charge >= 0.3 is 0 Å². The van der Waals surface area contributed by atoms with Crippen molar-refractivity contribution >= 4 is 34.0 Å². The highest BCUT2D eigenvalue weighted by molar-refractivity contribution is 7.14. The van der Waals surface area contributed by atoms with Crippen molar-refractivity contribution in [1.29, 1.82) is 0 Å². The number of aromatic nitrogens is 1. The van der Waals surface area contributed by atoms with E-state index in [1.807, 2.05) is 10.3 Å². The number of likely N-dealkylation sites (N-methyl/N-ethyl adjacent to an activating group) is 1. The van der Waals surface area contributed by atoms with Crippen LogP contribution in [0.3, 0.4) is 0 Å². The lowest BCUT2D eigenvalue weighted by atomic mass is 9.88. The number of hydrogen-bond donors (Lipinski definition) is 1. The normalized spacial score (nSPS) is 19.4. The maximum absolute atomic E-state index is 13.1. The minimum atomic E-state index is -0.000191. The molecule has 0 atom stereocenters. The van der Waals surface area contributed by atoms with Crippen LogP contribution in [-0.4, -0.2) is 47.9 Å². The fourth-order valence-electron chi connectivity index (χ4n) is 5.86. The monoisotopic (exact) mass is 480 g/mol. The van der Waals surface area contributed by atoms with Gasteiger partial charge in [-0.1, -0.05) is 44.6 Å². The summed E-state index contributed by atoms with van der Waals surface area (Å²) in [5.74, 6) is 0.504. The number of nitrogens with one attached hydrogen (secondary N) is 1. The Kier molecular flexibility index (Phi) is 7.30. The first-order valence-electron chi connectivity index (χ1n) is 13.0. The molecule has 0 spiro atoms. The molecule has 1 aromatic carbocycles. The summed E-state index contributed by atoms with van der Waals surface area (Å²) in [6.07, 6.45) is 12.8. The molecule has 2 amide bonds. The molecule has 6 nitrogen and oxygen atoms in total. The summed E-state index contributed by atoms with van der Waals surface area (Å²) in [6, 6.07) is 6.82. The van der Waals surface area contributed by atoms with Crippen molar-refractivity contribution in [2.45, 2.75) is 76.7 Å². The minimum absolute atomic E-state index is 0.000191. The number of fused-ring (bicyclic) bond motifs is 1. The fourth-order valence-corrected chi connectivity index (χ4v) is 6.60. The van der Waals surface area contributed by atoms with Crippen LogP contribution in [0.5, 0.6) is 0 Å². The highest BCUT2D eigenvalue weighted by atomic mass is 32.1. The fraction of sp³-hybridized carbons (Fsp3) is 0.593. The van der Waals surface area contributed by atoms with E-state index < -0.39 is 0 Å². The Morgan fingerprint density at radius 1 is 1.09 bits per heavy atom. The van der Waals surface area contributed by atoms with Gasteiger partial charge in [0.05, 0.1) is 12.2 Å². The molecule has 1 N–H and O–H groups in total. The Morgan fingerprint density at radius 2 is 1.82 bits per heavy atom. The van der Waals surface area contributed by atoms with Gasteiger partial charge in [0.15, 0.2) is 5.13 Å². The number of carbonyl (C=O) groups excluding carboxylic acids is 2. The van der Waals surface area contributed by atoms with E-state index in [2.05, 4.69) is 40.4 Å². The smallest absolute Gasteiger partial charge is 0.240 e. The molecule has 3 aliphatic rings. The van der Waals surface area contributed by atoms with E-state index >= 15 is 0 Å². The SMILES string of the molecule is CN(CC(=O)Nc1nc(-c2ccc3c(c2)CCN3C(=O)C2CCCCC2)cs1)C1CCCCC1. The van der Waals surface area contributed by atoms with E-state index in [4.69, 9.17) is 0 Å². The van der Waals surface area contributed by atoms with Crippen LogP contribution in [0.1, 0.15) is 69.8 Å². The summed E-state index contributed by atoms with van der Waals surface area (Å²) in [5, 5.41) is 5.63. The van der Waals surface area contributed by atoms with Crippen molar-refractivity contribution in [2.75, 3.05) is 30.4 Å². The third-order valence-electron chi connectivity index (χ3n) is 7.83. The van der Waals surface area contributed by atoms with Gasteiger partial charge in [-0.25, -0.2) is 4.98 Å². The average molecular weight is 481 g/mol. The third kappa shape index (κ3) is 5.20. The molecule has 5 rings (SSSR count). The molecule has 182 valence electrons. The molecular weight excluding hydrogens is 444 g/mol. The minimum Gasteiger partial charge on any atom is -0.312 e. The molecule has 1 aromatic heterocycles. The highest BCUT2D eigenvalue weighted by Crippen LogP contribution is 2.36. The molecule has 0 saturated heterocycles. The topological polar surface area (TPSA) is 65.5 Å². The number of nitrogens with zero attached hydrogens (tertiary/aromatic N) is 3. The Morgan fingerprint density at radius 3 is 2.59 bits per heavy atom. The Balaban J connectivity index is 1.20. The molecule has 0 radical (unpaired) electrons. The zero-order chi connectivity index (χ0) is 23.5. The van der Waals surface area contributed by atoms with Crippen LogP contribution in [0.2, 0.25) is 0 Å². The zero-order valence-electron chi connectivity index (χ0n) is 20.2. The van der Waals surface area contributed by atoms with Gasteiger partial charge in [0.2, 0.25) is 11.8 Å². The summed E-state index contributed by atoms with van der Waals surface area (Å²) in [4.78, 5) is 34.5. The first-order valence-corrected chi connectivity index (χ1v) is 13.9. The molecule has 0 unspecified atom stereocenters. The van der Waals surface area contributed by atoms with Crippen molar-refractivity contribution < 1.29 is 9.59 Å². The zero-order valence-corrected chi connectivity index (χ0v) is 21.0. The molecule has 2 heterocycles. The number of carbonyl (C=O) groups is 2. The van der Waals surface area contributed by atoms with E-state index in [1.165, 1.54) is 68.3 Å². The highest BCUT2D eigenvalue weighted by Gasteiger charge is 2.31.